The summed E-state index contributed by atoms with van der Waals surface area (Å²) in [7, 11) is 1.76. The van der Waals surface area contributed by atoms with Crippen molar-refractivity contribution in [3.8, 4) is 0 Å². The zero-order valence-electron chi connectivity index (χ0n) is 12.6. The molecule has 110 valence electrons. The second-order valence-electron chi connectivity index (χ2n) is 5.86. The van der Waals surface area contributed by atoms with Gasteiger partial charge in [0.2, 0.25) is 11.8 Å². The number of nitrogens with zero attached hydrogens (tertiary/aromatic N) is 2. The Labute approximate surface area is 120 Å². The van der Waals surface area contributed by atoms with Crippen molar-refractivity contribution in [1.29, 1.82) is 0 Å². The highest BCUT2D eigenvalue weighted by Gasteiger charge is 2.20. The molecule has 0 aliphatic heterocycles. The first-order valence-electron chi connectivity index (χ1n) is 6.72. The van der Waals surface area contributed by atoms with Gasteiger partial charge in [0.15, 0.2) is 0 Å². The fourth-order valence-corrected chi connectivity index (χ4v) is 1.59. The van der Waals surface area contributed by atoms with Gasteiger partial charge in [-0.15, -0.1) is 0 Å². The van der Waals surface area contributed by atoms with Crippen LogP contribution in [-0.4, -0.2) is 35.3 Å². The Bertz CT molecular complexity index is 452. The molecular formula is C15H23N3O2. The van der Waals surface area contributed by atoms with Gasteiger partial charge in [-0.3, -0.25) is 14.6 Å². The van der Waals surface area contributed by atoms with Crippen molar-refractivity contribution < 1.29 is 9.59 Å². The topological polar surface area (TPSA) is 62.3 Å². The molecule has 5 heteroatoms. The van der Waals surface area contributed by atoms with Gasteiger partial charge in [-0.2, -0.15) is 0 Å². The molecule has 0 bridgehead atoms. The van der Waals surface area contributed by atoms with Crippen LogP contribution >= 0.6 is 0 Å². The Morgan fingerprint density at radius 1 is 1.25 bits per heavy atom. The Morgan fingerprint density at radius 3 is 2.40 bits per heavy atom. The highest BCUT2D eigenvalue weighted by atomic mass is 16.2. The average molecular weight is 277 g/mol. The molecule has 0 atom stereocenters. The number of pyridine rings is 1. The van der Waals surface area contributed by atoms with Crippen LogP contribution in [0.25, 0.3) is 0 Å². The van der Waals surface area contributed by atoms with Gasteiger partial charge in [-0.1, -0.05) is 20.8 Å². The molecule has 0 spiro atoms. The standard InChI is InChI=1S/C15H23N3O2/c1-15(2,3)14(20)17-10-7-13(19)18(4)11-12-5-8-16-9-6-12/h5-6,8-9H,7,10-11H2,1-4H3,(H,17,20). The molecule has 2 amide bonds. The van der Waals surface area contributed by atoms with E-state index in [1.54, 1.807) is 24.3 Å². The van der Waals surface area contributed by atoms with E-state index in [0.717, 1.165) is 5.56 Å². The number of amides is 2. The minimum Gasteiger partial charge on any atom is -0.355 e. The van der Waals surface area contributed by atoms with Crippen molar-refractivity contribution >= 4 is 11.8 Å². The maximum atomic E-state index is 11.9. The minimum absolute atomic E-state index is 0.0102. The van der Waals surface area contributed by atoms with Crippen LogP contribution in [0.15, 0.2) is 24.5 Å². The predicted octanol–water partition coefficient (Wildman–Crippen LogP) is 1.59. The lowest BCUT2D eigenvalue weighted by molar-refractivity contribution is -0.131. The molecule has 0 aromatic carbocycles. The number of hydrogen-bond acceptors (Lipinski definition) is 3. The Balaban J connectivity index is 2.34. The van der Waals surface area contributed by atoms with Crippen molar-refractivity contribution in [2.24, 2.45) is 5.41 Å². The Kier molecular flexibility index (Phi) is 5.67. The molecule has 1 heterocycles. The summed E-state index contributed by atoms with van der Waals surface area (Å²) >= 11 is 0. The number of hydrogen-bond donors (Lipinski definition) is 1. The molecule has 1 aromatic heterocycles. The molecule has 0 unspecified atom stereocenters. The first-order chi connectivity index (χ1) is 9.30. The average Bonchev–Trinajstić information content (AvgIpc) is 2.38. The van der Waals surface area contributed by atoms with Crippen LogP contribution in [0.1, 0.15) is 32.8 Å². The van der Waals surface area contributed by atoms with Gasteiger partial charge in [0.25, 0.3) is 0 Å². The minimum atomic E-state index is -0.425. The van der Waals surface area contributed by atoms with E-state index in [0.29, 0.717) is 19.5 Å². The first-order valence-corrected chi connectivity index (χ1v) is 6.72. The summed E-state index contributed by atoms with van der Waals surface area (Å²) in [5.74, 6) is -0.0295. The van der Waals surface area contributed by atoms with Crippen LogP contribution in [0.4, 0.5) is 0 Å². The smallest absolute Gasteiger partial charge is 0.225 e. The molecular weight excluding hydrogens is 254 g/mol. The number of rotatable bonds is 5. The van der Waals surface area contributed by atoms with E-state index in [4.69, 9.17) is 0 Å². The van der Waals surface area contributed by atoms with Crippen molar-refractivity contribution in [1.82, 2.24) is 15.2 Å². The van der Waals surface area contributed by atoms with E-state index >= 15 is 0 Å². The fraction of sp³-hybridized carbons (Fsp3) is 0.533. The Morgan fingerprint density at radius 2 is 1.85 bits per heavy atom. The maximum absolute atomic E-state index is 11.9. The van der Waals surface area contributed by atoms with Gasteiger partial charge >= 0.3 is 0 Å². The second-order valence-corrected chi connectivity index (χ2v) is 5.86. The third-order valence-electron chi connectivity index (χ3n) is 2.90. The number of nitrogens with one attached hydrogen (secondary N) is 1. The molecule has 0 saturated carbocycles. The molecule has 20 heavy (non-hydrogen) atoms. The lowest BCUT2D eigenvalue weighted by atomic mass is 9.96. The number of carbonyl (C=O) groups is 2. The fourth-order valence-electron chi connectivity index (χ4n) is 1.59. The van der Waals surface area contributed by atoms with Gasteiger partial charge in [-0.05, 0) is 17.7 Å². The van der Waals surface area contributed by atoms with Gasteiger partial charge in [0.05, 0.1) is 0 Å². The van der Waals surface area contributed by atoms with Crippen LogP contribution in [0, 0.1) is 5.41 Å². The van der Waals surface area contributed by atoms with Crippen LogP contribution < -0.4 is 5.32 Å². The highest BCUT2D eigenvalue weighted by Crippen LogP contribution is 2.12. The van der Waals surface area contributed by atoms with Gasteiger partial charge < -0.3 is 10.2 Å². The van der Waals surface area contributed by atoms with Crippen LogP contribution in [0.3, 0.4) is 0 Å². The largest absolute Gasteiger partial charge is 0.355 e. The summed E-state index contributed by atoms with van der Waals surface area (Å²) < 4.78 is 0. The SMILES string of the molecule is CN(Cc1ccncc1)C(=O)CCNC(=O)C(C)(C)C. The summed E-state index contributed by atoms with van der Waals surface area (Å²) in [6.07, 6.45) is 3.72. The van der Waals surface area contributed by atoms with Gasteiger partial charge in [0.1, 0.15) is 0 Å². The van der Waals surface area contributed by atoms with Gasteiger partial charge in [0, 0.05) is 44.4 Å². The zero-order valence-corrected chi connectivity index (χ0v) is 12.6. The predicted molar refractivity (Wildman–Crippen MR) is 77.8 cm³/mol. The molecule has 1 aromatic rings. The normalized spacial score (nSPS) is 11.0. The summed E-state index contributed by atoms with van der Waals surface area (Å²) in [6, 6.07) is 3.76. The molecule has 0 fully saturated rings. The number of aromatic nitrogens is 1. The lowest BCUT2D eigenvalue weighted by Gasteiger charge is -2.19. The molecule has 1 rings (SSSR count). The third-order valence-corrected chi connectivity index (χ3v) is 2.90. The molecule has 0 saturated heterocycles. The van der Waals surface area contributed by atoms with E-state index in [1.807, 2.05) is 32.9 Å². The highest BCUT2D eigenvalue weighted by molar-refractivity contribution is 5.82. The summed E-state index contributed by atoms with van der Waals surface area (Å²) in [6.45, 7) is 6.46. The van der Waals surface area contributed by atoms with Gasteiger partial charge in [-0.25, -0.2) is 0 Å². The van der Waals surface area contributed by atoms with Crippen LogP contribution in [0.2, 0.25) is 0 Å². The van der Waals surface area contributed by atoms with E-state index in [1.165, 1.54) is 0 Å². The quantitative estimate of drug-likeness (QED) is 0.889. The summed E-state index contributed by atoms with van der Waals surface area (Å²) in [5.41, 5.74) is 0.612. The van der Waals surface area contributed by atoms with Crippen molar-refractivity contribution in [3.63, 3.8) is 0 Å². The monoisotopic (exact) mass is 277 g/mol. The first kappa shape index (κ1) is 16.1. The van der Waals surface area contributed by atoms with E-state index in [-0.39, 0.29) is 11.8 Å². The second kappa shape index (κ2) is 7.03. The molecule has 5 nitrogen and oxygen atoms in total. The molecule has 1 N–H and O–H groups in total. The van der Waals surface area contributed by atoms with Crippen molar-refractivity contribution in [2.45, 2.75) is 33.7 Å². The van der Waals surface area contributed by atoms with Crippen LogP contribution in [-0.2, 0) is 16.1 Å². The molecule has 0 radical (unpaired) electrons. The van der Waals surface area contributed by atoms with E-state index in [2.05, 4.69) is 10.3 Å². The van der Waals surface area contributed by atoms with Crippen molar-refractivity contribution in [3.05, 3.63) is 30.1 Å². The van der Waals surface area contributed by atoms with Crippen LogP contribution in [0.5, 0.6) is 0 Å². The number of carbonyl (C=O) groups excluding carboxylic acids is 2. The zero-order chi connectivity index (χ0) is 15.2. The Hall–Kier alpha value is -1.91. The van der Waals surface area contributed by atoms with Crippen molar-refractivity contribution in [2.75, 3.05) is 13.6 Å². The molecule has 0 aliphatic rings. The molecule has 0 aliphatic carbocycles. The summed E-state index contributed by atoms with van der Waals surface area (Å²) in [4.78, 5) is 29.2. The van der Waals surface area contributed by atoms with E-state index < -0.39 is 5.41 Å². The third kappa shape index (κ3) is 5.38. The van der Waals surface area contributed by atoms with E-state index in [9.17, 15) is 9.59 Å². The lowest BCUT2D eigenvalue weighted by Crippen LogP contribution is -2.37. The maximum Gasteiger partial charge on any atom is 0.225 e. The summed E-state index contributed by atoms with van der Waals surface area (Å²) in [5, 5.41) is 2.78.